The number of carbonyl (C=O) groups is 2. The van der Waals surface area contributed by atoms with Crippen LogP contribution in [0, 0.1) is 20.8 Å². The summed E-state index contributed by atoms with van der Waals surface area (Å²) in [5.74, 6) is -0.696. The van der Waals surface area contributed by atoms with E-state index >= 15 is 0 Å². The molecule has 0 radical (unpaired) electrons. The molecule has 3 rings (SSSR count). The molecule has 0 spiro atoms. The maximum absolute atomic E-state index is 14.2. The number of nitrogens with one attached hydrogen (secondary N) is 1. The summed E-state index contributed by atoms with van der Waals surface area (Å²) in [6.07, 6.45) is 1.14. The molecule has 0 aliphatic rings. The average molecular weight is 564 g/mol. The lowest BCUT2D eigenvalue weighted by Crippen LogP contribution is -2.53. The van der Waals surface area contributed by atoms with Crippen LogP contribution in [-0.2, 0) is 26.2 Å². The highest BCUT2D eigenvalue weighted by atomic mass is 32.2. The van der Waals surface area contributed by atoms with Crippen LogP contribution in [0.15, 0.2) is 77.7 Å². The van der Waals surface area contributed by atoms with Gasteiger partial charge in [-0.1, -0.05) is 68.4 Å². The second-order valence-electron chi connectivity index (χ2n) is 10.2. The minimum absolute atomic E-state index is 0.0538. The van der Waals surface area contributed by atoms with Gasteiger partial charge in [-0.3, -0.25) is 13.9 Å². The molecule has 7 nitrogen and oxygen atoms in total. The Morgan fingerprint density at radius 1 is 0.825 bits per heavy atom. The van der Waals surface area contributed by atoms with Gasteiger partial charge in [-0.15, -0.1) is 0 Å². The number of aryl methyl sites for hydroxylation is 2. The minimum Gasteiger partial charge on any atom is -0.352 e. The number of hydrogen-bond donors (Lipinski definition) is 1. The molecule has 0 aromatic heterocycles. The van der Waals surface area contributed by atoms with E-state index in [0.717, 1.165) is 28.7 Å². The monoisotopic (exact) mass is 563 g/mol. The Balaban J connectivity index is 2.10. The van der Waals surface area contributed by atoms with E-state index in [-0.39, 0.29) is 23.4 Å². The lowest BCUT2D eigenvalue weighted by Gasteiger charge is -2.34. The topological polar surface area (TPSA) is 86.8 Å². The first-order valence-electron chi connectivity index (χ1n) is 13.8. The van der Waals surface area contributed by atoms with Crippen LogP contribution in [-0.4, -0.2) is 43.8 Å². The molecule has 0 saturated carbocycles. The van der Waals surface area contributed by atoms with Gasteiger partial charge in [0.1, 0.15) is 12.6 Å². The van der Waals surface area contributed by atoms with E-state index in [1.54, 1.807) is 30.3 Å². The van der Waals surface area contributed by atoms with Crippen LogP contribution in [0.4, 0.5) is 5.69 Å². The molecule has 2 atom stereocenters. The standard InChI is InChI=1S/C32H41N3O4S/c1-7-25(5)33-32(37)29(8-2)34(21-27-17-13-12-15-24(27)4)31(36)22-35(30-20-14-16-23(3)26(30)6)40(38,39)28-18-10-9-11-19-28/h9-20,25,29H,7-8,21-22H2,1-6H3,(H,33,37)/t25-,29-/m1/s1. The Morgan fingerprint density at radius 3 is 2.08 bits per heavy atom. The van der Waals surface area contributed by atoms with Gasteiger partial charge in [0, 0.05) is 12.6 Å². The van der Waals surface area contributed by atoms with Crippen LogP contribution < -0.4 is 9.62 Å². The fourth-order valence-electron chi connectivity index (χ4n) is 4.57. The van der Waals surface area contributed by atoms with Crippen molar-refractivity contribution in [2.45, 2.75) is 77.9 Å². The van der Waals surface area contributed by atoms with E-state index in [1.165, 1.54) is 21.3 Å². The average Bonchev–Trinajstić information content (AvgIpc) is 2.94. The fourth-order valence-corrected chi connectivity index (χ4v) is 6.06. The van der Waals surface area contributed by atoms with Gasteiger partial charge < -0.3 is 10.2 Å². The van der Waals surface area contributed by atoms with Gasteiger partial charge in [0.25, 0.3) is 10.0 Å². The van der Waals surface area contributed by atoms with Crippen LogP contribution in [0.3, 0.4) is 0 Å². The van der Waals surface area contributed by atoms with Gasteiger partial charge in [0.05, 0.1) is 10.6 Å². The van der Waals surface area contributed by atoms with E-state index in [0.29, 0.717) is 12.1 Å². The van der Waals surface area contributed by atoms with Gasteiger partial charge in [-0.25, -0.2) is 8.42 Å². The van der Waals surface area contributed by atoms with Gasteiger partial charge >= 0.3 is 0 Å². The molecule has 0 aliphatic carbocycles. The number of benzene rings is 3. The lowest BCUT2D eigenvalue weighted by atomic mass is 10.1. The van der Waals surface area contributed by atoms with Crippen LogP contribution >= 0.6 is 0 Å². The number of hydrogen-bond acceptors (Lipinski definition) is 4. The fraction of sp³-hybridized carbons (Fsp3) is 0.375. The molecule has 214 valence electrons. The highest BCUT2D eigenvalue weighted by molar-refractivity contribution is 7.92. The number of anilines is 1. The molecular weight excluding hydrogens is 522 g/mol. The first kappa shape index (κ1) is 30.9. The van der Waals surface area contributed by atoms with Crippen molar-refractivity contribution in [3.05, 3.63) is 95.1 Å². The second kappa shape index (κ2) is 13.6. The number of carbonyl (C=O) groups excluding carboxylic acids is 2. The van der Waals surface area contributed by atoms with Crippen LogP contribution in [0.2, 0.25) is 0 Å². The lowest BCUT2D eigenvalue weighted by molar-refractivity contribution is -0.140. The Morgan fingerprint density at radius 2 is 1.45 bits per heavy atom. The van der Waals surface area contributed by atoms with Gasteiger partial charge in [-0.05, 0) is 81.0 Å². The third-order valence-corrected chi connectivity index (χ3v) is 9.22. The Kier molecular flexibility index (Phi) is 10.5. The molecule has 0 fully saturated rings. The van der Waals surface area contributed by atoms with Crippen LogP contribution in [0.25, 0.3) is 0 Å². The van der Waals surface area contributed by atoms with Crippen molar-refractivity contribution >= 4 is 27.5 Å². The summed E-state index contributed by atoms with van der Waals surface area (Å²) in [7, 11) is -4.09. The third kappa shape index (κ3) is 7.10. The molecule has 0 saturated heterocycles. The molecule has 0 aliphatic heterocycles. The minimum atomic E-state index is -4.09. The maximum atomic E-state index is 14.2. The summed E-state index contributed by atoms with van der Waals surface area (Å²) in [5, 5.41) is 3.01. The zero-order valence-corrected chi connectivity index (χ0v) is 25.2. The van der Waals surface area contributed by atoms with Crippen molar-refractivity contribution in [1.82, 2.24) is 10.2 Å². The molecule has 3 aromatic carbocycles. The van der Waals surface area contributed by atoms with Crippen molar-refractivity contribution in [3.63, 3.8) is 0 Å². The van der Waals surface area contributed by atoms with E-state index in [2.05, 4.69) is 5.32 Å². The van der Waals surface area contributed by atoms with Crippen molar-refractivity contribution < 1.29 is 18.0 Å². The van der Waals surface area contributed by atoms with E-state index in [4.69, 9.17) is 0 Å². The van der Waals surface area contributed by atoms with E-state index < -0.39 is 28.5 Å². The quantitative estimate of drug-likeness (QED) is 0.314. The number of nitrogens with zero attached hydrogens (tertiary/aromatic N) is 2. The normalized spacial score (nSPS) is 12.8. The summed E-state index contributed by atoms with van der Waals surface area (Å²) in [4.78, 5) is 29.2. The summed E-state index contributed by atoms with van der Waals surface area (Å²) in [5.41, 5.74) is 4.00. The summed E-state index contributed by atoms with van der Waals surface area (Å²) in [6.45, 7) is 11.2. The molecule has 3 aromatic rings. The Hall–Kier alpha value is -3.65. The van der Waals surface area contributed by atoms with Gasteiger partial charge in [0.15, 0.2) is 0 Å². The highest BCUT2D eigenvalue weighted by Gasteiger charge is 2.34. The van der Waals surface area contributed by atoms with E-state index in [1.807, 2.05) is 71.9 Å². The third-order valence-electron chi connectivity index (χ3n) is 7.44. The van der Waals surface area contributed by atoms with Gasteiger partial charge in [0.2, 0.25) is 11.8 Å². The Bertz CT molecular complexity index is 1420. The zero-order valence-electron chi connectivity index (χ0n) is 24.3. The van der Waals surface area contributed by atoms with Crippen LogP contribution in [0.1, 0.15) is 55.9 Å². The summed E-state index contributed by atoms with van der Waals surface area (Å²) >= 11 is 0. The van der Waals surface area contributed by atoms with Crippen molar-refractivity contribution in [3.8, 4) is 0 Å². The zero-order chi connectivity index (χ0) is 29.4. The maximum Gasteiger partial charge on any atom is 0.264 e. The van der Waals surface area contributed by atoms with Crippen molar-refractivity contribution in [2.24, 2.45) is 0 Å². The Labute approximate surface area is 239 Å². The molecular formula is C32H41N3O4S. The molecule has 40 heavy (non-hydrogen) atoms. The molecule has 1 N–H and O–H groups in total. The predicted molar refractivity (Wildman–Crippen MR) is 161 cm³/mol. The first-order valence-corrected chi connectivity index (χ1v) is 15.2. The predicted octanol–water partition coefficient (Wildman–Crippen LogP) is 5.53. The van der Waals surface area contributed by atoms with Crippen molar-refractivity contribution in [1.29, 1.82) is 0 Å². The second-order valence-corrected chi connectivity index (χ2v) is 12.1. The van der Waals surface area contributed by atoms with Gasteiger partial charge in [-0.2, -0.15) is 0 Å². The summed E-state index contributed by atoms with van der Waals surface area (Å²) < 4.78 is 29.2. The molecule has 0 heterocycles. The number of rotatable bonds is 12. The molecule has 2 amide bonds. The largest absolute Gasteiger partial charge is 0.352 e. The van der Waals surface area contributed by atoms with Crippen LogP contribution in [0.5, 0.6) is 0 Å². The SMILES string of the molecule is CC[C@@H](C)NC(=O)[C@@H](CC)N(Cc1ccccc1C)C(=O)CN(c1cccc(C)c1C)S(=O)(=O)c1ccccc1. The molecule has 0 bridgehead atoms. The summed E-state index contributed by atoms with van der Waals surface area (Å²) in [6, 6.07) is 20.4. The number of amides is 2. The molecule has 8 heteroatoms. The van der Waals surface area contributed by atoms with Crippen molar-refractivity contribution in [2.75, 3.05) is 10.8 Å². The molecule has 0 unspecified atom stereocenters. The first-order chi connectivity index (χ1) is 19.0. The number of sulfonamides is 1. The van der Waals surface area contributed by atoms with E-state index in [9.17, 15) is 18.0 Å². The smallest absolute Gasteiger partial charge is 0.264 e. The highest BCUT2D eigenvalue weighted by Crippen LogP contribution is 2.29.